The van der Waals surface area contributed by atoms with Crippen LogP contribution >= 0.6 is 0 Å². The summed E-state index contributed by atoms with van der Waals surface area (Å²) in [4.78, 5) is 2.67. The molecule has 1 spiro atoms. The van der Waals surface area contributed by atoms with Crippen molar-refractivity contribution in [1.82, 2.24) is 4.90 Å². The normalized spacial score (nSPS) is 68.3. The van der Waals surface area contributed by atoms with Crippen LogP contribution in [0.4, 0.5) is 0 Å². The molecule has 2 heterocycles. The largest absolute Gasteiger partial charge is 0.294 e. The second kappa shape index (κ2) is 1.07. The van der Waals surface area contributed by atoms with E-state index in [4.69, 9.17) is 0 Å². The van der Waals surface area contributed by atoms with E-state index in [2.05, 4.69) is 11.8 Å². The van der Waals surface area contributed by atoms with E-state index in [1.165, 1.54) is 25.9 Å². The summed E-state index contributed by atoms with van der Waals surface area (Å²) in [6.07, 6.45) is 3.04. The van der Waals surface area contributed by atoms with Gasteiger partial charge in [0.15, 0.2) is 0 Å². The van der Waals surface area contributed by atoms with Crippen molar-refractivity contribution in [1.29, 1.82) is 0 Å². The third-order valence-corrected chi connectivity index (χ3v) is 3.76. The molecule has 0 aromatic heterocycles. The smallest absolute Gasteiger partial charge is 0.0368 e. The maximum Gasteiger partial charge on any atom is 0.0368 e. The van der Waals surface area contributed by atoms with Crippen LogP contribution in [0.1, 0.15) is 19.8 Å². The fourth-order valence-electron chi connectivity index (χ4n) is 3.06. The molecule has 4 atom stereocenters. The number of rotatable bonds is 0. The summed E-state index contributed by atoms with van der Waals surface area (Å²) >= 11 is 0. The highest BCUT2D eigenvalue weighted by molar-refractivity contribution is 5.23. The van der Waals surface area contributed by atoms with Gasteiger partial charge < -0.3 is 0 Å². The van der Waals surface area contributed by atoms with Crippen LogP contribution < -0.4 is 0 Å². The maximum absolute atomic E-state index is 2.67. The molecule has 9 heavy (non-hydrogen) atoms. The molecule has 3 aliphatic rings. The van der Waals surface area contributed by atoms with Gasteiger partial charge in [-0.3, -0.25) is 4.90 Å². The van der Waals surface area contributed by atoms with E-state index in [1.54, 1.807) is 0 Å². The van der Waals surface area contributed by atoms with Crippen LogP contribution in [0.5, 0.6) is 0 Å². The molecule has 3 fully saturated rings. The van der Waals surface area contributed by atoms with Gasteiger partial charge in [-0.1, -0.05) is 6.92 Å². The summed E-state index contributed by atoms with van der Waals surface area (Å²) in [5.74, 6) is 2.13. The van der Waals surface area contributed by atoms with Crippen LogP contribution in [0, 0.1) is 11.8 Å². The molecule has 1 saturated carbocycles. The van der Waals surface area contributed by atoms with Crippen LogP contribution in [0.15, 0.2) is 0 Å². The third kappa shape index (κ3) is 0.337. The standard InChI is InChI=1S/C8H13N/c1-6-4-9-5-8(9)3-2-7(6)8/h6-7H,2-5H2,1H3/t6-,7?,8?,9-/m0/s1. The molecule has 0 aromatic carbocycles. The zero-order valence-corrected chi connectivity index (χ0v) is 5.93. The summed E-state index contributed by atoms with van der Waals surface area (Å²) in [6.45, 7) is 5.27. The van der Waals surface area contributed by atoms with E-state index in [0.717, 1.165) is 17.4 Å². The molecule has 2 unspecified atom stereocenters. The fourth-order valence-corrected chi connectivity index (χ4v) is 3.06. The maximum atomic E-state index is 2.67. The van der Waals surface area contributed by atoms with Gasteiger partial charge >= 0.3 is 0 Å². The lowest BCUT2D eigenvalue weighted by molar-refractivity contribution is 0.193. The highest BCUT2D eigenvalue weighted by atomic mass is 15.4. The lowest BCUT2D eigenvalue weighted by atomic mass is 9.69. The second-order valence-corrected chi connectivity index (χ2v) is 4.11. The molecule has 0 radical (unpaired) electrons. The Labute approximate surface area is 56.0 Å². The minimum atomic E-state index is 0.805. The molecule has 2 saturated heterocycles. The first-order valence-electron chi connectivity index (χ1n) is 4.08. The molecule has 0 aromatic rings. The van der Waals surface area contributed by atoms with Crippen molar-refractivity contribution in [2.45, 2.75) is 25.3 Å². The SMILES string of the molecule is C[C@H]1C[N@@]2CC23CCC13. The molecular weight excluding hydrogens is 110 g/mol. The molecular formula is C8H13N. The minimum absolute atomic E-state index is 0.805. The van der Waals surface area contributed by atoms with Crippen LogP contribution in [-0.2, 0) is 0 Å². The lowest BCUT2D eigenvalue weighted by Crippen LogP contribution is -2.36. The Morgan fingerprint density at radius 1 is 1.56 bits per heavy atom. The molecule has 1 heteroatoms. The van der Waals surface area contributed by atoms with Crippen LogP contribution in [0.3, 0.4) is 0 Å². The van der Waals surface area contributed by atoms with E-state index >= 15 is 0 Å². The molecule has 1 aliphatic carbocycles. The van der Waals surface area contributed by atoms with Crippen LogP contribution in [0.2, 0.25) is 0 Å². The minimum Gasteiger partial charge on any atom is -0.294 e. The van der Waals surface area contributed by atoms with Crippen molar-refractivity contribution in [3.8, 4) is 0 Å². The molecule has 0 bridgehead atoms. The number of hydrogen-bond donors (Lipinski definition) is 0. The summed E-state index contributed by atoms with van der Waals surface area (Å²) in [5.41, 5.74) is 0.805. The molecule has 3 rings (SSSR count). The van der Waals surface area contributed by atoms with Crippen molar-refractivity contribution >= 4 is 0 Å². The Kier molecular flexibility index (Phi) is 0.563. The Balaban J connectivity index is 1.97. The Morgan fingerprint density at radius 2 is 2.44 bits per heavy atom. The van der Waals surface area contributed by atoms with Gasteiger partial charge in [-0.05, 0) is 24.7 Å². The Bertz CT molecular complexity index is 162. The molecule has 1 nitrogen and oxygen atoms in total. The van der Waals surface area contributed by atoms with Crippen molar-refractivity contribution < 1.29 is 0 Å². The summed E-state index contributed by atoms with van der Waals surface area (Å²) in [7, 11) is 0. The third-order valence-electron chi connectivity index (χ3n) is 3.76. The van der Waals surface area contributed by atoms with E-state index < -0.39 is 0 Å². The predicted octanol–water partition coefficient (Wildman–Crippen LogP) is 1.10. The first-order chi connectivity index (χ1) is 4.33. The van der Waals surface area contributed by atoms with E-state index in [-0.39, 0.29) is 0 Å². The second-order valence-electron chi connectivity index (χ2n) is 4.11. The summed E-state index contributed by atoms with van der Waals surface area (Å²) < 4.78 is 0. The quantitative estimate of drug-likeness (QED) is 0.436. The van der Waals surface area contributed by atoms with Gasteiger partial charge in [0.25, 0.3) is 0 Å². The highest BCUT2D eigenvalue weighted by Crippen LogP contribution is 2.61. The Hall–Kier alpha value is -0.0400. The van der Waals surface area contributed by atoms with E-state index in [1.807, 2.05) is 0 Å². The van der Waals surface area contributed by atoms with Crippen molar-refractivity contribution in [3.63, 3.8) is 0 Å². The predicted molar refractivity (Wildman–Crippen MR) is 36.2 cm³/mol. The Morgan fingerprint density at radius 3 is 2.78 bits per heavy atom. The number of piperidine rings is 1. The topological polar surface area (TPSA) is 3.01 Å². The van der Waals surface area contributed by atoms with E-state index in [0.29, 0.717) is 0 Å². The van der Waals surface area contributed by atoms with Gasteiger partial charge in [0.2, 0.25) is 0 Å². The molecule has 0 N–H and O–H groups in total. The van der Waals surface area contributed by atoms with Crippen LogP contribution in [-0.4, -0.2) is 23.5 Å². The first kappa shape index (κ1) is 4.73. The van der Waals surface area contributed by atoms with Gasteiger partial charge in [0.1, 0.15) is 0 Å². The van der Waals surface area contributed by atoms with Crippen molar-refractivity contribution in [2.75, 3.05) is 13.1 Å². The highest BCUT2D eigenvalue weighted by Gasteiger charge is 2.68. The summed E-state index contributed by atoms with van der Waals surface area (Å²) in [6, 6.07) is 0. The summed E-state index contributed by atoms with van der Waals surface area (Å²) in [5, 5.41) is 0. The monoisotopic (exact) mass is 123 g/mol. The zero-order valence-electron chi connectivity index (χ0n) is 5.93. The average molecular weight is 123 g/mol. The van der Waals surface area contributed by atoms with Gasteiger partial charge in [-0.2, -0.15) is 0 Å². The first-order valence-corrected chi connectivity index (χ1v) is 4.08. The zero-order chi connectivity index (χ0) is 6.06. The fraction of sp³-hybridized carbons (Fsp3) is 1.00. The van der Waals surface area contributed by atoms with E-state index in [9.17, 15) is 0 Å². The average Bonchev–Trinajstić information content (AvgIpc) is 2.35. The number of hydrogen-bond acceptors (Lipinski definition) is 1. The number of nitrogens with zero attached hydrogens (tertiary/aromatic N) is 1. The molecule has 50 valence electrons. The van der Waals surface area contributed by atoms with Gasteiger partial charge in [0, 0.05) is 18.6 Å². The van der Waals surface area contributed by atoms with Crippen molar-refractivity contribution in [2.24, 2.45) is 11.8 Å². The lowest BCUT2D eigenvalue weighted by Gasteiger charge is -2.35. The van der Waals surface area contributed by atoms with Crippen LogP contribution in [0.25, 0.3) is 0 Å². The molecule has 0 amide bonds. The van der Waals surface area contributed by atoms with Gasteiger partial charge in [-0.15, -0.1) is 0 Å². The van der Waals surface area contributed by atoms with Crippen molar-refractivity contribution in [3.05, 3.63) is 0 Å². The van der Waals surface area contributed by atoms with Gasteiger partial charge in [0.05, 0.1) is 0 Å². The van der Waals surface area contributed by atoms with Gasteiger partial charge in [-0.25, -0.2) is 0 Å². The molecule has 2 aliphatic heterocycles.